The molecular weight excluding hydrogens is 208 g/mol. The van der Waals surface area contributed by atoms with Gasteiger partial charge in [0, 0.05) is 6.42 Å². The average molecular weight is 222 g/mol. The van der Waals surface area contributed by atoms with Gasteiger partial charge in [0.25, 0.3) is 0 Å². The van der Waals surface area contributed by atoms with Crippen LogP contribution in [0.2, 0.25) is 0 Å². The summed E-state index contributed by atoms with van der Waals surface area (Å²) in [6.07, 6.45) is 1.49. The highest BCUT2D eigenvalue weighted by Crippen LogP contribution is 2.26. The third kappa shape index (κ3) is 2.97. The number of rotatable bonds is 5. The van der Waals surface area contributed by atoms with Crippen molar-refractivity contribution in [1.82, 2.24) is 0 Å². The minimum Gasteiger partial charge on any atom is -0.508 e. The summed E-state index contributed by atoms with van der Waals surface area (Å²) in [6.45, 7) is 0. The highest BCUT2D eigenvalue weighted by molar-refractivity contribution is 5.72. The molecule has 0 unspecified atom stereocenters. The normalized spacial score (nSPS) is 17.0. The summed E-state index contributed by atoms with van der Waals surface area (Å²) in [5.41, 5.74) is 0.771. The molecule has 1 aliphatic carbocycles. The molecule has 1 saturated carbocycles. The van der Waals surface area contributed by atoms with E-state index in [1.165, 1.54) is 0 Å². The Kier molecular flexibility index (Phi) is 3.10. The van der Waals surface area contributed by atoms with Crippen molar-refractivity contribution in [2.45, 2.75) is 31.5 Å². The molecule has 0 radical (unpaired) electrons. The van der Waals surface area contributed by atoms with E-state index in [4.69, 9.17) is 9.84 Å². The Morgan fingerprint density at radius 1 is 1.50 bits per heavy atom. The number of aromatic hydroxyl groups is 1. The second kappa shape index (κ2) is 4.53. The van der Waals surface area contributed by atoms with E-state index >= 15 is 0 Å². The van der Waals surface area contributed by atoms with Crippen LogP contribution in [-0.4, -0.2) is 28.4 Å². The van der Waals surface area contributed by atoms with Gasteiger partial charge in [-0.3, -0.25) is 0 Å². The first-order chi connectivity index (χ1) is 7.65. The molecule has 86 valence electrons. The van der Waals surface area contributed by atoms with E-state index in [9.17, 15) is 9.90 Å². The minimum absolute atomic E-state index is 0.110. The number of carboxylic acids is 1. The maximum atomic E-state index is 11.0. The van der Waals surface area contributed by atoms with Gasteiger partial charge in [0.1, 0.15) is 5.75 Å². The number of hydrogen-bond acceptors (Lipinski definition) is 3. The molecule has 2 rings (SSSR count). The van der Waals surface area contributed by atoms with Crippen LogP contribution in [0.3, 0.4) is 0 Å². The van der Waals surface area contributed by atoms with Crippen LogP contribution in [0.1, 0.15) is 18.4 Å². The van der Waals surface area contributed by atoms with E-state index in [0.29, 0.717) is 6.42 Å². The van der Waals surface area contributed by atoms with Gasteiger partial charge in [-0.15, -0.1) is 0 Å². The second-order valence-corrected chi connectivity index (χ2v) is 4.04. The molecule has 1 fully saturated rings. The van der Waals surface area contributed by atoms with Crippen molar-refractivity contribution in [3.8, 4) is 5.75 Å². The summed E-state index contributed by atoms with van der Waals surface area (Å²) in [5, 5.41) is 18.3. The number of aliphatic carboxylic acids is 1. The molecular formula is C12H14O4. The molecule has 1 aliphatic rings. The average Bonchev–Trinajstić information content (AvgIpc) is 3.00. The zero-order chi connectivity index (χ0) is 11.5. The van der Waals surface area contributed by atoms with Gasteiger partial charge in [-0.2, -0.15) is 0 Å². The van der Waals surface area contributed by atoms with E-state index in [-0.39, 0.29) is 11.9 Å². The summed E-state index contributed by atoms with van der Waals surface area (Å²) in [6, 6.07) is 6.60. The topological polar surface area (TPSA) is 66.8 Å². The van der Waals surface area contributed by atoms with Crippen LogP contribution >= 0.6 is 0 Å². The lowest BCUT2D eigenvalue weighted by Gasteiger charge is -2.13. The fourth-order valence-corrected chi connectivity index (χ4v) is 1.53. The fourth-order valence-electron chi connectivity index (χ4n) is 1.53. The van der Waals surface area contributed by atoms with Gasteiger partial charge in [0.2, 0.25) is 0 Å². The van der Waals surface area contributed by atoms with Crippen molar-refractivity contribution >= 4 is 5.97 Å². The van der Waals surface area contributed by atoms with Gasteiger partial charge in [0.05, 0.1) is 6.10 Å². The molecule has 0 spiro atoms. The standard InChI is InChI=1S/C12H14O4/c13-9-3-1-2-8(6-9)7-11(12(14)15)16-10-4-5-10/h1-3,6,10-11,13H,4-5,7H2,(H,14,15)/t11-/m1/s1. The molecule has 0 aliphatic heterocycles. The highest BCUT2D eigenvalue weighted by Gasteiger charge is 2.29. The van der Waals surface area contributed by atoms with Crippen LogP contribution in [-0.2, 0) is 16.0 Å². The molecule has 1 atom stereocenters. The third-order valence-corrected chi connectivity index (χ3v) is 2.49. The van der Waals surface area contributed by atoms with Crippen LogP contribution in [0.15, 0.2) is 24.3 Å². The van der Waals surface area contributed by atoms with Crippen molar-refractivity contribution in [1.29, 1.82) is 0 Å². The summed E-state index contributed by atoms with van der Waals surface area (Å²) in [5.74, 6) is -0.802. The number of carboxylic acid groups (broad SMARTS) is 1. The summed E-state index contributed by atoms with van der Waals surface area (Å²) >= 11 is 0. The Hall–Kier alpha value is -1.55. The van der Waals surface area contributed by atoms with E-state index in [1.807, 2.05) is 0 Å². The van der Waals surface area contributed by atoms with Gasteiger partial charge in [-0.05, 0) is 30.5 Å². The Morgan fingerprint density at radius 2 is 2.25 bits per heavy atom. The third-order valence-electron chi connectivity index (χ3n) is 2.49. The van der Waals surface area contributed by atoms with E-state index in [1.54, 1.807) is 24.3 Å². The number of ether oxygens (including phenoxy) is 1. The summed E-state index contributed by atoms with van der Waals surface area (Å²) in [4.78, 5) is 11.0. The van der Waals surface area contributed by atoms with Crippen molar-refractivity contribution in [3.63, 3.8) is 0 Å². The predicted molar refractivity (Wildman–Crippen MR) is 57.3 cm³/mol. The van der Waals surface area contributed by atoms with Crippen molar-refractivity contribution < 1.29 is 19.7 Å². The molecule has 1 aromatic carbocycles. The lowest BCUT2D eigenvalue weighted by atomic mass is 10.1. The molecule has 0 saturated heterocycles. The first-order valence-electron chi connectivity index (χ1n) is 5.31. The Bertz CT molecular complexity index is 384. The van der Waals surface area contributed by atoms with Crippen LogP contribution in [0.5, 0.6) is 5.75 Å². The van der Waals surface area contributed by atoms with Crippen LogP contribution in [0, 0.1) is 0 Å². The molecule has 0 amide bonds. The van der Waals surface area contributed by atoms with E-state index in [2.05, 4.69) is 0 Å². The smallest absolute Gasteiger partial charge is 0.333 e. The molecule has 4 nitrogen and oxygen atoms in total. The van der Waals surface area contributed by atoms with E-state index < -0.39 is 12.1 Å². The molecule has 1 aromatic rings. The van der Waals surface area contributed by atoms with Crippen LogP contribution in [0.4, 0.5) is 0 Å². The Balaban J connectivity index is 2.01. The number of carbonyl (C=O) groups is 1. The first-order valence-corrected chi connectivity index (χ1v) is 5.31. The fraction of sp³-hybridized carbons (Fsp3) is 0.417. The van der Waals surface area contributed by atoms with Crippen molar-refractivity contribution in [3.05, 3.63) is 29.8 Å². The molecule has 16 heavy (non-hydrogen) atoms. The number of hydrogen-bond donors (Lipinski definition) is 2. The monoisotopic (exact) mass is 222 g/mol. The Morgan fingerprint density at radius 3 is 2.81 bits per heavy atom. The number of phenolic OH excluding ortho intramolecular Hbond substituents is 1. The van der Waals surface area contributed by atoms with E-state index in [0.717, 1.165) is 18.4 Å². The predicted octanol–water partition coefficient (Wildman–Crippen LogP) is 1.57. The SMILES string of the molecule is O=C(O)[C@@H](Cc1cccc(O)c1)OC1CC1. The molecule has 0 aromatic heterocycles. The quantitative estimate of drug-likeness (QED) is 0.793. The Labute approximate surface area is 93.5 Å². The summed E-state index contributed by atoms with van der Waals surface area (Å²) < 4.78 is 5.39. The second-order valence-electron chi connectivity index (χ2n) is 4.04. The first kappa shape index (κ1) is 11.0. The van der Waals surface area contributed by atoms with Crippen molar-refractivity contribution in [2.75, 3.05) is 0 Å². The zero-order valence-electron chi connectivity index (χ0n) is 8.80. The van der Waals surface area contributed by atoms with Gasteiger partial charge in [-0.25, -0.2) is 4.79 Å². The zero-order valence-corrected chi connectivity index (χ0v) is 8.80. The molecule has 0 bridgehead atoms. The highest BCUT2D eigenvalue weighted by atomic mass is 16.5. The van der Waals surface area contributed by atoms with Crippen LogP contribution < -0.4 is 0 Å². The number of phenols is 1. The maximum absolute atomic E-state index is 11.0. The molecule has 4 heteroatoms. The van der Waals surface area contributed by atoms with Gasteiger partial charge < -0.3 is 14.9 Å². The maximum Gasteiger partial charge on any atom is 0.333 e. The van der Waals surface area contributed by atoms with Crippen molar-refractivity contribution in [2.24, 2.45) is 0 Å². The van der Waals surface area contributed by atoms with Crippen LogP contribution in [0.25, 0.3) is 0 Å². The minimum atomic E-state index is -0.949. The number of benzene rings is 1. The summed E-state index contributed by atoms with van der Waals surface area (Å²) in [7, 11) is 0. The lowest BCUT2D eigenvalue weighted by molar-refractivity contribution is -0.151. The van der Waals surface area contributed by atoms with Gasteiger partial charge in [-0.1, -0.05) is 12.1 Å². The lowest BCUT2D eigenvalue weighted by Crippen LogP contribution is -2.27. The largest absolute Gasteiger partial charge is 0.508 e. The van der Waals surface area contributed by atoms with Gasteiger partial charge >= 0.3 is 5.97 Å². The molecule has 2 N–H and O–H groups in total. The molecule has 0 heterocycles. The van der Waals surface area contributed by atoms with Gasteiger partial charge in [0.15, 0.2) is 6.10 Å².